The van der Waals surface area contributed by atoms with Crippen LogP contribution in [0, 0.1) is 0 Å². The maximum absolute atomic E-state index is 12.8. The van der Waals surface area contributed by atoms with Crippen LogP contribution in [0.5, 0.6) is 5.75 Å². The Bertz CT molecular complexity index is 765. The fourth-order valence-corrected chi connectivity index (χ4v) is 3.78. The molecule has 2 aliphatic rings. The van der Waals surface area contributed by atoms with Crippen molar-refractivity contribution in [1.29, 1.82) is 0 Å². The lowest BCUT2D eigenvalue weighted by atomic mass is 10.1. The fraction of sp³-hybridized carbons (Fsp3) is 0.526. The maximum atomic E-state index is 12.8. The van der Waals surface area contributed by atoms with Crippen molar-refractivity contribution >= 4 is 16.8 Å². The van der Waals surface area contributed by atoms with E-state index in [2.05, 4.69) is 22.0 Å². The molecule has 134 valence electrons. The van der Waals surface area contributed by atoms with Gasteiger partial charge in [-0.1, -0.05) is 0 Å². The number of hydrogen-bond donors (Lipinski definition) is 1. The number of carbonyl (C=O) groups is 1. The average molecular weight is 343 g/mol. The Kier molecular flexibility index (Phi) is 4.63. The van der Waals surface area contributed by atoms with Crippen molar-refractivity contribution in [3.63, 3.8) is 0 Å². The van der Waals surface area contributed by atoms with Crippen molar-refractivity contribution < 1.29 is 14.3 Å². The van der Waals surface area contributed by atoms with Gasteiger partial charge in [0, 0.05) is 48.3 Å². The molecule has 0 unspecified atom stereocenters. The third kappa shape index (κ3) is 3.37. The van der Waals surface area contributed by atoms with E-state index < -0.39 is 0 Å². The molecule has 0 spiro atoms. The standard InChI is InChI=1S/C19H25N3O3/c1-24-14-4-5-18-15(11-14)16-12-22(6-2-3-17(16)20-18)19(23)13-21-7-9-25-10-8-21/h4-5,11,20H,2-3,6-10,12-13H2,1H3. The largest absolute Gasteiger partial charge is 0.497 e. The van der Waals surface area contributed by atoms with Crippen LogP contribution in [-0.2, 0) is 22.5 Å². The van der Waals surface area contributed by atoms with Crippen LogP contribution >= 0.6 is 0 Å². The Hall–Kier alpha value is -2.05. The molecule has 1 saturated heterocycles. The number of nitrogens with one attached hydrogen (secondary N) is 1. The van der Waals surface area contributed by atoms with Gasteiger partial charge in [-0.05, 0) is 31.0 Å². The summed E-state index contributed by atoms with van der Waals surface area (Å²) in [4.78, 5) is 20.5. The average Bonchev–Trinajstić information content (AvgIpc) is 2.84. The van der Waals surface area contributed by atoms with Crippen LogP contribution < -0.4 is 4.74 Å². The first-order valence-corrected chi connectivity index (χ1v) is 9.00. The monoisotopic (exact) mass is 343 g/mol. The molecule has 6 heteroatoms. The predicted octanol–water partition coefficient (Wildman–Crippen LogP) is 1.78. The van der Waals surface area contributed by atoms with Crippen LogP contribution in [-0.4, -0.2) is 67.2 Å². The number of carbonyl (C=O) groups excluding carboxylic acids is 1. The lowest BCUT2D eigenvalue weighted by Gasteiger charge is -2.29. The molecule has 0 radical (unpaired) electrons. The van der Waals surface area contributed by atoms with E-state index >= 15 is 0 Å². The summed E-state index contributed by atoms with van der Waals surface area (Å²) in [5, 5.41) is 1.17. The van der Waals surface area contributed by atoms with Gasteiger partial charge < -0.3 is 19.4 Å². The lowest BCUT2D eigenvalue weighted by molar-refractivity contribution is -0.134. The molecule has 1 aromatic carbocycles. The maximum Gasteiger partial charge on any atom is 0.237 e. The number of methoxy groups -OCH3 is 1. The van der Waals surface area contributed by atoms with Crippen LogP contribution in [0.2, 0.25) is 0 Å². The molecule has 4 rings (SSSR count). The van der Waals surface area contributed by atoms with Gasteiger partial charge in [-0.2, -0.15) is 0 Å². The fourth-order valence-electron chi connectivity index (χ4n) is 3.78. The van der Waals surface area contributed by atoms with Crippen molar-refractivity contribution in [3.05, 3.63) is 29.5 Å². The molecule has 1 amide bonds. The number of aromatic amines is 1. The number of nitrogens with zero attached hydrogens (tertiary/aromatic N) is 2. The number of hydrogen-bond acceptors (Lipinski definition) is 4. The molecule has 0 saturated carbocycles. The van der Waals surface area contributed by atoms with Crippen LogP contribution in [0.15, 0.2) is 18.2 Å². The van der Waals surface area contributed by atoms with E-state index in [-0.39, 0.29) is 5.91 Å². The minimum atomic E-state index is 0.215. The van der Waals surface area contributed by atoms with E-state index in [1.165, 1.54) is 16.6 Å². The van der Waals surface area contributed by atoms with Crippen molar-refractivity contribution in [2.24, 2.45) is 0 Å². The molecule has 1 fully saturated rings. The molecular weight excluding hydrogens is 318 g/mol. The van der Waals surface area contributed by atoms with E-state index in [9.17, 15) is 4.79 Å². The van der Waals surface area contributed by atoms with E-state index in [4.69, 9.17) is 9.47 Å². The highest BCUT2D eigenvalue weighted by molar-refractivity contribution is 5.87. The molecular formula is C19H25N3O3. The highest BCUT2D eigenvalue weighted by atomic mass is 16.5. The van der Waals surface area contributed by atoms with Gasteiger partial charge in [0.25, 0.3) is 0 Å². The quantitative estimate of drug-likeness (QED) is 0.923. The number of aryl methyl sites for hydroxylation is 1. The SMILES string of the molecule is COc1ccc2[nH]c3c(c2c1)CN(C(=O)CN1CCOCC1)CCC3. The first kappa shape index (κ1) is 16.4. The minimum Gasteiger partial charge on any atom is -0.497 e. The zero-order valence-corrected chi connectivity index (χ0v) is 14.7. The van der Waals surface area contributed by atoms with E-state index in [1.54, 1.807) is 7.11 Å². The number of morpholine rings is 1. The molecule has 2 aromatic rings. The predicted molar refractivity (Wildman–Crippen MR) is 95.8 cm³/mol. The second-order valence-electron chi connectivity index (χ2n) is 6.80. The topological polar surface area (TPSA) is 57.8 Å². The van der Waals surface area contributed by atoms with Crippen LogP contribution in [0.3, 0.4) is 0 Å². The van der Waals surface area contributed by atoms with Gasteiger partial charge in [0.05, 0.1) is 26.9 Å². The third-order valence-electron chi connectivity index (χ3n) is 5.22. The van der Waals surface area contributed by atoms with E-state index in [0.29, 0.717) is 13.1 Å². The number of H-pyrrole nitrogens is 1. The normalized spacial score (nSPS) is 18.8. The first-order valence-electron chi connectivity index (χ1n) is 9.00. The molecule has 0 bridgehead atoms. The van der Waals surface area contributed by atoms with Gasteiger partial charge in [0.1, 0.15) is 5.75 Å². The van der Waals surface area contributed by atoms with E-state index in [1.807, 2.05) is 11.0 Å². The number of aromatic nitrogens is 1. The second-order valence-corrected chi connectivity index (χ2v) is 6.80. The number of amides is 1. The summed E-state index contributed by atoms with van der Waals surface area (Å²) in [6.07, 6.45) is 1.97. The zero-order valence-electron chi connectivity index (χ0n) is 14.7. The van der Waals surface area contributed by atoms with Crippen molar-refractivity contribution in [1.82, 2.24) is 14.8 Å². The van der Waals surface area contributed by atoms with E-state index in [0.717, 1.165) is 57.0 Å². The number of rotatable bonds is 3. The van der Waals surface area contributed by atoms with Crippen molar-refractivity contribution in [3.8, 4) is 5.75 Å². The number of fused-ring (bicyclic) bond motifs is 3. The first-order chi connectivity index (χ1) is 12.2. The van der Waals surface area contributed by atoms with Gasteiger partial charge in [-0.25, -0.2) is 0 Å². The summed E-state index contributed by atoms with van der Waals surface area (Å²) in [6.45, 7) is 5.11. The molecule has 2 aliphatic heterocycles. The molecule has 25 heavy (non-hydrogen) atoms. The molecule has 6 nitrogen and oxygen atoms in total. The molecule has 1 N–H and O–H groups in total. The van der Waals surface area contributed by atoms with Crippen molar-refractivity contribution in [2.45, 2.75) is 19.4 Å². The summed E-state index contributed by atoms with van der Waals surface area (Å²) < 4.78 is 10.7. The molecule has 0 aliphatic carbocycles. The Morgan fingerprint density at radius 2 is 2.12 bits per heavy atom. The lowest BCUT2D eigenvalue weighted by Crippen LogP contribution is -2.44. The summed E-state index contributed by atoms with van der Waals surface area (Å²) in [5.41, 5.74) is 3.61. The van der Waals surface area contributed by atoms with Crippen LogP contribution in [0.4, 0.5) is 0 Å². The highest BCUT2D eigenvalue weighted by Crippen LogP contribution is 2.30. The summed E-state index contributed by atoms with van der Waals surface area (Å²) in [7, 11) is 1.69. The van der Waals surface area contributed by atoms with Gasteiger partial charge in [0.15, 0.2) is 0 Å². The Labute approximate surface area is 147 Å². The summed E-state index contributed by atoms with van der Waals surface area (Å²) in [6, 6.07) is 6.10. The smallest absolute Gasteiger partial charge is 0.237 e. The van der Waals surface area contributed by atoms with Crippen LogP contribution in [0.25, 0.3) is 10.9 Å². The molecule has 3 heterocycles. The Morgan fingerprint density at radius 3 is 2.92 bits per heavy atom. The molecule has 0 atom stereocenters. The van der Waals surface area contributed by atoms with Gasteiger partial charge in [-0.3, -0.25) is 9.69 Å². The second kappa shape index (κ2) is 7.06. The Balaban J connectivity index is 1.56. The van der Waals surface area contributed by atoms with Crippen LogP contribution in [0.1, 0.15) is 17.7 Å². The van der Waals surface area contributed by atoms with Gasteiger partial charge >= 0.3 is 0 Å². The minimum absolute atomic E-state index is 0.215. The zero-order chi connectivity index (χ0) is 17.2. The summed E-state index contributed by atoms with van der Waals surface area (Å²) >= 11 is 0. The number of ether oxygens (including phenoxy) is 2. The van der Waals surface area contributed by atoms with Crippen molar-refractivity contribution in [2.75, 3.05) is 46.5 Å². The Morgan fingerprint density at radius 1 is 1.28 bits per heavy atom. The molecule has 1 aromatic heterocycles. The van der Waals surface area contributed by atoms with Gasteiger partial charge in [0.2, 0.25) is 5.91 Å². The summed E-state index contributed by atoms with van der Waals surface area (Å²) in [5.74, 6) is 1.07. The van der Waals surface area contributed by atoms with Gasteiger partial charge in [-0.15, -0.1) is 0 Å². The number of benzene rings is 1. The third-order valence-corrected chi connectivity index (χ3v) is 5.22. The highest BCUT2D eigenvalue weighted by Gasteiger charge is 2.24.